The number of hydrogen-bond donors (Lipinski definition) is 0. The highest BCUT2D eigenvalue weighted by molar-refractivity contribution is 5.90. The van der Waals surface area contributed by atoms with Gasteiger partial charge in [0.25, 0.3) is 6.17 Å². The van der Waals surface area contributed by atoms with Crippen molar-refractivity contribution in [1.82, 2.24) is 0 Å². The smallest absolute Gasteiger partial charge is 0.439 e. The van der Waals surface area contributed by atoms with Crippen LogP contribution in [0.25, 0.3) is 0 Å². The van der Waals surface area contributed by atoms with E-state index in [0.29, 0.717) is 11.1 Å². The Morgan fingerprint density at radius 3 is 1.79 bits per heavy atom. The Morgan fingerprint density at radius 1 is 0.763 bits per heavy atom. The Bertz CT molecular complexity index is 1200. The molecule has 0 fully saturated rings. The second-order valence-corrected chi connectivity index (χ2v) is 7.93. The molecule has 3 rings (SSSR count). The first-order chi connectivity index (χ1) is 17.8. The van der Waals surface area contributed by atoms with Gasteiger partial charge >= 0.3 is 24.9 Å². The molecule has 0 saturated carbocycles. The first kappa shape index (κ1) is 28.7. The summed E-state index contributed by atoms with van der Waals surface area (Å²) in [5.41, 5.74) is -0.668. The minimum atomic E-state index is -5.85. The zero-order chi connectivity index (χ0) is 28.1. The topological polar surface area (TPSA) is 44.8 Å². The lowest BCUT2D eigenvalue weighted by atomic mass is 9.83. The first-order valence-corrected chi connectivity index (χ1v) is 11.0. The Hall–Kier alpha value is -3.83. The molecule has 4 nitrogen and oxygen atoms in total. The summed E-state index contributed by atoms with van der Waals surface area (Å²) in [5, 5.41) is 0. The Labute approximate surface area is 211 Å². The molecule has 0 bridgehead atoms. The van der Waals surface area contributed by atoms with Gasteiger partial charge in [-0.1, -0.05) is 49.4 Å². The van der Waals surface area contributed by atoms with E-state index in [9.17, 15) is 39.9 Å². The van der Waals surface area contributed by atoms with Crippen molar-refractivity contribution in [3.05, 3.63) is 95.6 Å². The molecule has 0 heterocycles. The number of esters is 1. The van der Waals surface area contributed by atoms with Gasteiger partial charge in [0.2, 0.25) is 0 Å². The average Bonchev–Trinajstić information content (AvgIpc) is 2.87. The first-order valence-electron chi connectivity index (χ1n) is 11.0. The van der Waals surface area contributed by atoms with Gasteiger partial charge in [0.1, 0.15) is 11.5 Å². The number of alkyl halides is 8. The summed E-state index contributed by atoms with van der Waals surface area (Å²) in [6.45, 7) is -1.34. The molecule has 0 aliphatic heterocycles. The highest BCUT2D eigenvalue weighted by Crippen LogP contribution is 2.39. The van der Waals surface area contributed by atoms with Crippen molar-refractivity contribution >= 4 is 5.97 Å². The van der Waals surface area contributed by atoms with E-state index in [1.165, 1.54) is 24.3 Å². The van der Waals surface area contributed by atoms with Crippen LogP contribution >= 0.6 is 0 Å². The van der Waals surface area contributed by atoms with Crippen LogP contribution in [-0.4, -0.2) is 31.0 Å². The monoisotopic (exact) mass is 548 g/mol. The summed E-state index contributed by atoms with van der Waals surface area (Å²) in [5.74, 6) is -1.89. The molecule has 12 heteroatoms. The largest absolute Gasteiger partial charge is 0.446 e. The van der Waals surface area contributed by atoms with E-state index in [1.807, 2.05) is 0 Å². The molecule has 0 radical (unpaired) electrons. The molecular weight excluding hydrogens is 528 g/mol. The van der Waals surface area contributed by atoms with Crippen molar-refractivity contribution in [3.8, 4) is 11.5 Å². The Kier molecular flexibility index (Phi) is 8.53. The fourth-order valence-corrected chi connectivity index (χ4v) is 3.65. The molecule has 0 N–H and O–H groups in total. The highest BCUT2D eigenvalue weighted by Gasteiger charge is 2.59. The lowest BCUT2D eigenvalue weighted by molar-refractivity contribution is -0.304. The fraction of sp³-hybridized carbons (Fsp3) is 0.269. The number of benzene rings is 3. The molecule has 2 unspecified atom stereocenters. The van der Waals surface area contributed by atoms with E-state index < -0.39 is 42.4 Å². The number of carbonyl (C=O) groups excluding carboxylic acids is 1. The third-order valence-electron chi connectivity index (χ3n) is 5.48. The minimum absolute atomic E-state index is 0.124. The lowest BCUT2D eigenvalue weighted by Crippen LogP contribution is -2.45. The molecule has 0 aliphatic carbocycles. The maximum atomic E-state index is 13.5. The van der Waals surface area contributed by atoms with E-state index >= 15 is 0 Å². The van der Waals surface area contributed by atoms with Gasteiger partial charge in [-0.3, -0.25) is 0 Å². The maximum Gasteiger partial charge on any atom is 0.439 e. The summed E-state index contributed by atoms with van der Waals surface area (Å²) in [6, 6.07) is 17.3. The second-order valence-electron chi connectivity index (χ2n) is 7.93. The molecule has 0 aromatic heterocycles. The molecule has 0 spiro atoms. The van der Waals surface area contributed by atoms with Gasteiger partial charge in [-0.15, -0.1) is 0 Å². The van der Waals surface area contributed by atoms with Gasteiger partial charge in [0.05, 0.1) is 5.56 Å². The van der Waals surface area contributed by atoms with Gasteiger partial charge in [-0.2, -0.15) is 30.7 Å². The standard InChI is InChI=1S/C26H20F8O4/c1-2-24(17-6-4-3-5-7-17,18-10-14-19(15-11-18)36-23(28)29)38-21(35)16-8-12-20(13-9-16)37-26(33,34)22(27)25(30,31)32/h3-15,22-23H,2H2,1H3. The number of ether oxygens (including phenoxy) is 3. The van der Waals surface area contributed by atoms with Crippen LogP contribution in [0, 0.1) is 0 Å². The Morgan fingerprint density at radius 2 is 1.29 bits per heavy atom. The van der Waals surface area contributed by atoms with Gasteiger partial charge in [-0.25, -0.2) is 9.18 Å². The van der Waals surface area contributed by atoms with Crippen LogP contribution in [0.1, 0.15) is 34.8 Å². The molecular formula is C26H20F8O4. The van der Waals surface area contributed by atoms with Gasteiger partial charge in [0.15, 0.2) is 5.60 Å². The maximum absolute atomic E-state index is 13.5. The van der Waals surface area contributed by atoms with E-state index in [0.717, 1.165) is 24.3 Å². The van der Waals surface area contributed by atoms with Crippen LogP contribution < -0.4 is 9.47 Å². The predicted octanol–water partition coefficient (Wildman–Crippen LogP) is 7.67. The molecule has 0 aliphatic rings. The Balaban J connectivity index is 1.89. The van der Waals surface area contributed by atoms with E-state index in [-0.39, 0.29) is 17.7 Å². The van der Waals surface area contributed by atoms with Crippen molar-refractivity contribution < 1.29 is 54.1 Å². The molecule has 3 aromatic carbocycles. The molecule has 0 amide bonds. The predicted molar refractivity (Wildman–Crippen MR) is 119 cm³/mol. The summed E-state index contributed by atoms with van der Waals surface area (Å²) in [4.78, 5) is 13.1. The van der Waals surface area contributed by atoms with Crippen molar-refractivity contribution in [1.29, 1.82) is 0 Å². The average molecular weight is 548 g/mol. The number of rotatable bonds is 10. The quantitative estimate of drug-likeness (QED) is 0.193. The normalized spacial score (nSPS) is 14.5. The molecule has 2 atom stereocenters. The van der Waals surface area contributed by atoms with Gasteiger partial charge in [0, 0.05) is 11.1 Å². The molecule has 0 saturated heterocycles. The number of carbonyl (C=O) groups is 1. The van der Waals surface area contributed by atoms with Crippen LogP contribution in [0.2, 0.25) is 0 Å². The summed E-state index contributed by atoms with van der Waals surface area (Å²) < 4.78 is 116. The molecule has 38 heavy (non-hydrogen) atoms. The SMILES string of the molecule is CCC(OC(=O)c1ccc(OC(F)(F)C(F)C(F)(F)F)cc1)(c1ccccc1)c1ccc(OC(F)F)cc1. The van der Waals surface area contributed by atoms with E-state index in [1.54, 1.807) is 37.3 Å². The van der Waals surface area contributed by atoms with Gasteiger partial charge in [-0.05, 0) is 42.8 Å². The van der Waals surface area contributed by atoms with Gasteiger partial charge < -0.3 is 14.2 Å². The summed E-state index contributed by atoms with van der Waals surface area (Å²) >= 11 is 0. The molecule has 3 aromatic rings. The third kappa shape index (κ3) is 6.53. The van der Waals surface area contributed by atoms with Crippen molar-refractivity contribution in [2.45, 2.75) is 44.0 Å². The van der Waals surface area contributed by atoms with Crippen LogP contribution in [0.5, 0.6) is 11.5 Å². The fourth-order valence-electron chi connectivity index (χ4n) is 3.65. The zero-order valence-electron chi connectivity index (χ0n) is 19.5. The van der Waals surface area contributed by atoms with Crippen LogP contribution in [-0.2, 0) is 10.3 Å². The molecule has 204 valence electrons. The number of halogens is 8. The minimum Gasteiger partial charge on any atom is -0.446 e. The third-order valence-corrected chi connectivity index (χ3v) is 5.48. The van der Waals surface area contributed by atoms with E-state index in [2.05, 4.69) is 9.47 Å². The highest BCUT2D eigenvalue weighted by atomic mass is 19.4. The lowest BCUT2D eigenvalue weighted by Gasteiger charge is -2.34. The van der Waals surface area contributed by atoms with Crippen molar-refractivity contribution in [3.63, 3.8) is 0 Å². The van der Waals surface area contributed by atoms with Crippen molar-refractivity contribution in [2.24, 2.45) is 0 Å². The van der Waals surface area contributed by atoms with Crippen LogP contribution in [0.4, 0.5) is 35.1 Å². The summed E-state index contributed by atoms with van der Waals surface area (Å²) in [7, 11) is 0. The van der Waals surface area contributed by atoms with Crippen LogP contribution in [0.15, 0.2) is 78.9 Å². The van der Waals surface area contributed by atoms with E-state index in [4.69, 9.17) is 4.74 Å². The summed E-state index contributed by atoms with van der Waals surface area (Å²) in [6.07, 6.45) is -15.4. The van der Waals surface area contributed by atoms with Crippen molar-refractivity contribution in [2.75, 3.05) is 0 Å². The second kappa shape index (κ2) is 11.3. The number of hydrogen-bond acceptors (Lipinski definition) is 4. The zero-order valence-corrected chi connectivity index (χ0v) is 19.5. The van der Waals surface area contributed by atoms with Crippen LogP contribution in [0.3, 0.4) is 0 Å².